The molecule has 4 nitrogen and oxygen atoms in total. The van der Waals surface area contributed by atoms with Gasteiger partial charge in [-0.05, 0) is 104 Å². The number of rotatable bonds is 48. The summed E-state index contributed by atoms with van der Waals surface area (Å²) in [5.74, 6) is 0. The molecule has 0 bridgehead atoms. The quantitative estimate of drug-likeness (QED) is 0.0567. The van der Waals surface area contributed by atoms with Gasteiger partial charge in [0.2, 0.25) is 0 Å². The molecule has 0 aliphatic carbocycles. The van der Waals surface area contributed by atoms with Gasteiger partial charge >= 0.3 is 0 Å². The summed E-state index contributed by atoms with van der Waals surface area (Å²) in [5, 5.41) is 0. The fraction of sp³-hybridized carbons (Fsp3) is 1.00. The molecule has 0 saturated carbocycles. The lowest BCUT2D eigenvalue weighted by molar-refractivity contribution is 0.128. The summed E-state index contributed by atoms with van der Waals surface area (Å²) in [6.45, 7) is 25.3. The van der Waals surface area contributed by atoms with Crippen LogP contribution in [0.1, 0.15) is 272 Å². The molecule has 1 aliphatic rings. The van der Waals surface area contributed by atoms with E-state index in [1.54, 1.807) is 0 Å². The van der Waals surface area contributed by atoms with Crippen LogP contribution in [0.2, 0.25) is 0 Å². The molecule has 0 aromatic carbocycles. The van der Waals surface area contributed by atoms with Crippen LogP contribution in [0.25, 0.3) is 0 Å². The number of hydrogen-bond acceptors (Lipinski definition) is 4. The lowest BCUT2D eigenvalue weighted by Gasteiger charge is -2.34. The third-order valence-electron chi connectivity index (χ3n) is 13.7. The van der Waals surface area contributed by atoms with Crippen molar-refractivity contribution in [1.29, 1.82) is 0 Å². The Morgan fingerprint density at radius 2 is 0.397 bits per heavy atom. The van der Waals surface area contributed by atoms with Crippen LogP contribution in [0.3, 0.4) is 0 Å². The molecule has 0 amide bonds. The van der Waals surface area contributed by atoms with E-state index in [-0.39, 0.29) is 0 Å². The Morgan fingerprint density at radius 1 is 0.224 bits per heavy atom. The van der Waals surface area contributed by atoms with E-state index in [2.05, 4.69) is 47.3 Å². The van der Waals surface area contributed by atoms with E-state index in [1.807, 2.05) is 0 Å². The maximum absolute atomic E-state index is 2.86. The zero-order valence-electron chi connectivity index (χ0n) is 41.1. The first kappa shape index (κ1) is 55.9. The molecule has 1 saturated heterocycles. The molecule has 0 aromatic heterocycles. The second-order valence-corrected chi connectivity index (χ2v) is 19.4. The molecule has 1 fully saturated rings. The minimum atomic E-state index is 1.30. The van der Waals surface area contributed by atoms with Gasteiger partial charge in [0.15, 0.2) is 0 Å². The summed E-state index contributed by atoms with van der Waals surface area (Å²) in [4.78, 5) is 11.3. The van der Waals surface area contributed by atoms with Gasteiger partial charge in [-0.25, -0.2) is 0 Å². The first-order chi connectivity index (χ1) is 28.7. The normalized spacial score (nSPS) is 14.2. The molecule has 0 unspecified atom stereocenters. The van der Waals surface area contributed by atoms with Crippen LogP contribution < -0.4 is 0 Å². The van der Waals surface area contributed by atoms with Gasteiger partial charge in [-0.3, -0.25) is 0 Å². The monoisotopic (exact) mass is 817 g/mol. The molecular formula is C54H112N4. The van der Waals surface area contributed by atoms with Gasteiger partial charge < -0.3 is 19.6 Å². The standard InChI is InChI=1S/C54H112N4/c1-5-9-13-17-21-25-29-35-43-55(44-36-30-26-22-18-14-10-6-2)47-39-33-41-49-57-51-53-58(54-52-57)50-42-34-40-48-56(45-37-31-27-23-19-15-11-7-3)46-38-32-28-24-20-16-12-8-4/h5-54H2,1-4H3. The summed E-state index contributed by atoms with van der Waals surface area (Å²) < 4.78 is 0. The van der Waals surface area contributed by atoms with Crippen molar-refractivity contribution in [2.24, 2.45) is 0 Å². The van der Waals surface area contributed by atoms with E-state index in [4.69, 9.17) is 0 Å². The Hall–Kier alpha value is -0.160. The van der Waals surface area contributed by atoms with Crippen LogP contribution in [-0.4, -0.2) is 98.1 Å². The smallest absolute Gasteiger partial charge is 0.0110 e. The molecule has 0 atom stereocenters. The predicted octanol–water partition coefficient (Wildman–Crippen LogP) is 16.1. The lowest BCUT2D eigenvalue weighted by atomic mass is 10.1. The average molecular weight is 818 g/mol. The van der Waals surface area contributed by atoms with Crippen LogP contribution in [0.15, 0.2) is 0 Å². The summed E-state index contributed by atoms with van der Waals surface area (Å²) in [6.07, 6.45) is 54.5. The zero-order valence-corrected chi connectivity index (χ0v) is 41.1. The lowest BCUT2D eigenvalue weighted by Crippen LogP contribution is -2.46. The number of nitrogens with zero attached hydrogens (tertiary/aromatic N) is 4. The maximum Gasteiger partial charge on any atom is 0.0110 e. The number of hydrogen-bond donors (Lipinski definition) is 0. The third-order valence-corrected chi connectivity index (χ3v) is 13.7. The Morgan fingerprint density at radius 3 is 0.603 bits per heavy atom. The van der Waals surface area contributed by atoms with Crippen LogP contribution in [0, 0.1) is 0 Å². The first-order valence-corrected chi connectivity index (χ1v) is 27.6. The van der Waals surface area contributed by atoms with Crippen LogP contribution in [0.4, 0.5) is 0 Å². The number of piperazine rings is 1. The molecule has 348 valence electrons. The maximum atomic E-state index is 2.86. The average Bonchev–Trinajstić information content (AvgIpc) is 3.24. The minimum absolute atomic E-state index is 1.30. The Labute approximate surface area is 368 Å². The van der Waals surface area contributed by atoms with Crippen molar-refractivity contribution in [3.63, 3.8) is 0 Å². The van der Waals surface area contributed by atoms with Gasteiger partial charge in [-0.1, -0.05) is 220 Å². The van der Waals surface area contributed by atoms with Gasteiger partial charge in [-0.15, -0.1) is 0 Å². The molecule has 0 aromatic rings. The summed E-state index contributed by atoms with van der Waals surface area (Å²) in [6, 6.07) is 0. The zero-order chi connectivity index (χ0) is 41.7. The van der Waals surface area contributed by atoms with Crippen molar-refractivity contribution in [1.82, 2.24) is 19.6 Å². The fourth-order valence-electron chi connectivity index (χ4n) is 9.48. The second-order valence-electron chi connectivity index (χ2n) is 19.4. The molecule has 0 N–H and O–H groups in total. The molecule has 1 heterocycles. The summed E-state index contributed by atoms with van der Waals surface area (Å²) >= 11 is 0. The molecule has 0 radical (unpaired) electrons. The Kier molecular flexibility index (Phi) is 44.6. The van der Waals surface area contributed by atoms with Crippen LogP contribution >= 0.6 is 0 Å². The highest BCUT2D eigenvalue weighted by molar-refractivity contribution is 4.72. The summed E-state index contributed by atoms with van der Waals surface area (Å²) in [7, 11) is 0. The Balaban J connectivity index is 2.22. The van der Waals surface area contributed by atoms with Crippen molar-refractivity contribution < 1.29 is 0 Å². The van der Waals surface area contributed by atoms with Gasteiger partial charge in [0, 0.05) is 26.2 Å². The summed E-state index contributed by atoms with van der Waals surface area (Å²) in [5.41, 5.74) is 0. The third kappa shape index (κ3) is 38.7. The molecule has 58 heavy (non-hydrogen) atoms. The Bertz CT molecular complexity index is 649. The van der Waals surface area contributed by atoms with Crippen LogP contribution in [-0.2, 0) is 0 Å². The van der Waals surface area contributed by atoms with Gasteiger partial charge in [0.05, 0.1) is 0 Å². The van der Waals surface area contributed by atoms with Crippen molar-refractivity contribution in [3.05, 3.63) is 0 Å². The molecule has 4 heteroatoms. The van der Waals surface area contributed by atoms with E-state index in [0.29, 0.717) is 0 Å². The molecule has 0 spiro atoms. The van der Waals surface area contributed by atoms with Crippen molar-refractivity contribution in [3.8, 4) is 0 Å². The predicted molar refractivity (Wildman–Crippen MR) is 264 cm³/mol. The van der Waals surface area contributed by atoms with Gasteiger partial charge in [0.1, 0.15) is 0 Å². The van der Waals surface area contributed by atoms with E-state index in [1.165, 1.54) is 323 Å². The second kappa shape index (κ2) is 46.3. The van der Waals surface area contributed by atoms with Gasteiger partial charge in [-0.2, -0.15) is 0 Å². The van der Waals surface area contributed by atoms with E-state index >= 15 is 0 Å². The van der Waals surface area contributed by atoms with E-state index in [0.717, 1.165) is 0 Å². The van der Waals surface area contributed by atoms with Crippen molar-refractivity contribution >= 4 is 0 Å². The highest BCUT2D eigenvalue weighted by Crippen LogP contribution is 2.15. The highest BCUT2D eigenvalue weighted by atomic mass is 15.3. The topological polar surface area (TPSA) is 13.0 Å². The number of unbranched alkanes of at least 4 members (excludes halogenated alkanes) is 32. The van der Waals surface area contributed by atoms with Crippen molar-refractivity contribution in [2.45, 2.75) is 272 Å². The van der Waals surface area contributed by atoms with Crippen molar-refractivity contribution in [2.75, 3.05) is 78.5 Å². The van der Waals surface area contributed by atoms with E-state index < -0.39 is 0 Å². The molecule has 1 rings (SSSR count). The van der Waals surface area contributed by atoms with Crippen LogP contribution in [0.5, 0.6) is 0 Å². The largest absolute Gasteiger partial charge is 0.303 e. The highest BCUT2D eigenvalue weighted by Gasteiger charge is 2.16. The first-order valence-electron chi connectivity index (χ1n) is 27.6. The SMILES string of the molecule is CCCCCCCCCCN(CCCCCCCCCC)CCCCCN1CCN(CCCCCN(CCCCCCCCCC)CCCCCCCCCC)CC1. The molecular weight excluding hydrogens is 705 g/mol. The van der Waals surface area contributed by atoms with Gasteiger partial charge in [0.25, 0.3) is 0 Å². The van der Waals surface area contributed by atoms with E-state index in [9.17, 15) is 0 Å². The fourth-order valence-corrected chi connectivity index (χ4v) is 9.48. The minimum Gasteiger partial charge on any atom is -0.303 e. The molecule has 1 aliphatic heterocycles.